The SMILES string of the molecule is COc1ccc(-c2cccc(Cl)c2)c(CF)c1OC. The minimum absolute atomic E-state index is 0.419. The summed E-state index contributed by atoms with van der Waals surface area (Å²) >= 11 is 5.97. The minimum atomic E-state index is -0.637. The summed E-state index contributed by atoms with van der Waals surface area (Å²) in [5.41, 5.74) is 2.06. The Hall–Kier alpha value is -1.74. The summed E-state index contributed by atoms with van der Waals surface area (Å²) in [6, 6.07) is 10.8. The van der Waals surface area contributed by atoms with Crippen LogP contribution in [-0.4, -0.2) is 14.2 Å². The lowest BCUT2D eigenvalue weighted by atomic mass is 9.99. The third kappa shape index (κ3) is 2.66. The van der Waals surface area contributed by atoms with Crippen LogP contribution in [0, 0.1) is 0 Å². The first kappa shape index (κ1) is 13.7. The first-order valence-electron chi connectivity index (χ1n) is 5.77. The molecule has 0 aliphatic carbocycles. The Morgan fingerprint density at radius 2 is 1.89 bits per heavy atom. The number of rotatable bonds is 4. The molecule has 0 amide bonds. The van der Waals surface area contributed by atoms with Gasteiger partial charge in [0, 0.05) is 10.6 Å². The van der Waals surface area contributed by atoms with E-state index in [0.717, 1.165) is 11.1 Å². The fourth-order valence-corrected chi connectivity index (χ4v) is 2.24. The van der Waals surface area contributed by atoms with Crippen LogP contribution < -0.4 is 9.47 Å². The summed E-state index contributed by atoms with van der Waals surface area (Å²) in [5, 5.41) is 0.608. The number of hydrogen-bond acceptors (Lipinski definition) is 2. The molecule has 2 rings (SSSR count). The zero-order valence-electron chi connectivity index (χ0n) is 10.7. The van der Waals surface area contributed by atoms with Gasteiger partial charge in [0.05, 0.1) is 14.2 Å². The van der Waals surface area contributed by atoms with E-state index in [9.17, 15) is 4.39 Å². The molecular weight excluding hydrogens is 267 g/mol. The molecule has 0 aliphatic rings. The minimum Gasteiger partial charge on any atom is -0.493 e. The van der Waals surface area contributed by atoms with Crippen molar-refractivity contribution in [3.05, 3.63) is 47.0 Å². The second-order valence-corrected chi connectivity index (χ2v) is 4.41. The molecule has 0 unspecified atom stereocenters. The quantitative estimate of drug-likeness (QED) is 0.821. The molecule has 4 heteroatoms. The van der Waals surface area contributed by atoms with E-state index in [4.69, 9.17) is 21.1 Å². The van der Waals surface area contributed by atoms with Crippen molar-refractivity contribution < 1.29 is 13.9 Å². The summed E-state index contributed by atoms with van der Waals surface area (Å²) in [6.45, 7) is -0.637. The molecule has 0 aromatic heterocycles. The monoisotopic (exact) mass is 280 g/mol. The Labute approximate surface area is 116 Å². The number of benzene rings is 2. The molecule has 2 aromatic rings. The van der Waals surface area contributed by atoms with E-state index in [1.54, 1.807) is 18.2 Å². The Bertz CT molecular complexity index is 584. The zero-order chi connectivity index (χ0) is 13.8. The van der Waals surface area contributed by atoms with Gasteiger partial charge in [0.2, 0.25) is 0 Å². The van der Waals surface area contributed by atoms with Gasteiger partial charge in [-0.3, -0.25) is 0 Å². The Kier molecular flexibility index (Phi) is 4.27. The maximum Gasteiger partial charge on any atom is 0.167 e. The third-order valence-electron chi connectivity index (χ3n) is 2.92. The molecule has 0 radical (unpaired) electrons. The Morgan fingerprint density at radius 1 is 1.11 bits per heavy atom. The first-order chi connectivity index (χ1) is 9.21. The summed E-state index contributed by atoms with van der Waals surface area (Å²) < 4.78 is 23.8. The summed E-state index contributed by atoms with van der Waals surface area (Å²) in [7, 11) is 3.03. The standard InChI is InChI=1S/C15H14ClFO2/c1-18-14-7-6-12(13(9-17)15(14)19-2)10-4-3-5-11(16)8-10/h3-8H,9H2,1-2H3. The highest BCUT2D eigenvalue weighted by atomic mass is 35.5. The van der Waals surface area contributed by atoms with Crippen LogP contribution in [0.1, 0.15) is 5.56 Å². The van der Waals surface area contributed by atoms with Crippen LogP contribution in [-0.2, 0) is 6.67 Å². The zero-order valence-corrected chi connectivity index (χ0v) is 11.5. The van der Waals surface area contributed by atoms with Crippen LogP contribution in [0.4, 0.5) is 4.39 Å². The maximum atomic E-state index is 13.4. The molecule has 2 aromatic carbocycles. The predicted molar refractivity (Wildman–Crippen MR) is 74.8 cm³/mol. The van der Waals surface area contributed by atoms with Crippen molar-refractivity contribution in [2.24, 2.45) is 0 Å². The van der Waals surface area contributed by atoms with Crippen LogP contribution in [0.5, 0.6) is 11.5 Å². The number of alkyl halides is 1. The van der Waals surface area contributed by atoms with Gasteiger partial charge in [0.15, 0.2) is 11.5 Å². The highest BCUT2D eigenvalue weighted by Crippen LogP contribution is 2.39. The molecule has 0 fully saturated rings. The molecule has 19 heavy (non-hydrogen) atoms. The van der Waals surface area contributed by atoms with Gasteiger partial charge in [-0.2, -0.15) is 0 Å². The van der Waals surface area contributed by atoms with E-state index in [-0.39, 0.29) is 0 Å². The lowest BCUT2D eigenvalue weighted by Gasteiger charge is -2.15. The number of halogens is 2. The molecule has 0 atom stereocenters. The van der Waals surface area contributed by atoms with E-state index in [0.29, 0.717) is 22.1 Å². The van der Waals surface area contributed by atoms with Gasteiger partial charge in [0.1, 0.15) is 6.67 Å². The van der Waals surface area contributed by atoms with Crippen LogP contribution >= 0.6 is 11.6 Å². The molecule has 100 valence electrons. The predicted octanol–water partition coefficient (Wildman–Crippen LogP) is 4.49. The third-order valence-corrected chi connectivity index (χ3v) is 3.15. The Morgan fingerprint density at radius 3 is 2.47 bits per heavy atom. The second-order valence-electron chi connectivity index (χ2n) is 3.97. The van der Waals surface area contributed by atoms with E-state index in [1.165, 1.54) is 14.2 Å². The summed E-state index contributed by atoms with van der Waals surface area (Å²) in [5.74, 6) is 0.934. The van der Waals surface area contributed by atoms with Gasteiger partial charge >= 0.3 is 0 Å². The molecule has 0 spiro atoms. The van der Waals surface area contributed by atoms with Gasteiger partial charge in [0.25, 0.3) is 0 Å². The summed E-state index contributed by atoms with van der Waals surface area (Å²) in [4.78, 5) is 0. The smallest absolute Gasteiger partial charge is 0.167 e. The lowest BCUT2D eigenvalue weighted by molar-refractivity contribution is 0.345. The first-order valence-corrected chi connectivity index (χ1v) is 6.14. The van der Waals surface area contributed by atoms with Crippen molar-refractivity contribution in [2.75, 3.05) is 14.2 Å². The summed E-state index contributed by atoms with van der Waals surface area (Å²) in [6.07, 6.45) is 0. The van der Waals surface area contributed by atoms with Crippen molar-refractivity contribution in [1.82, 2.24) is 0 Å². The van der Waals surface area contributed by atoms with Crippen LogP contribution in [0.25, 0.3) is 11.1 Å². The van der Waals surface area contributed by atoms with Gasteiger partial charge in [-0.05, 0) is 29.3 Å². The molecule has 0 saturated carbocycles. The van der Waals surface area contributed by atoms with E-state index in [2.05, 4.69) is 0 Å². The van der Waals surface area contributed by atoms with Gasteiger partial charge in [-0.1, -0.05) is 29.8 Å². The van der Waals surface area contributed by atoms with Crippen molar-refractivity contribution >= 4 is 11.6 Å². The van der Waals surface area contributed by atoms with Gasteiger partial charge in [-0.25, -0.2) is 4.39 Å². The van der Waals surface area contributed by atoms with Crippen molar-refractivity contribution in [3.8, 4) is 22.6 Å². The normalized spacial score (nSPS) is 10.3. The average Bonchev–Trinajstić information content (AvgIpc) is 2.45. The maximum absolute atomic E-state index is 13.4. The lowest BCUT2D eigenvalue weighted by Crippen LogP contribution is -1.97. The molecule has 0 N–H and O–H groups in total. The average molecular weight is 281 g/mol. The number of hydrogen-bond donors (Lipinski definition) is 0. The van der Waals surface area contributed by atoms with Gasteiger partial charge < -0.3 is 9.47 Å². The Balaban J connectivity index is 2.64. The van der Waals surface area contributed by atoms with E-state index < -0.39 is 6.67 Å². The second kappa shape index (κ2) is 5.93. The fraction of sp³-hybridized carbons (Fsp3) is 0.200. The highest BCUT2D eigenvalue weighted by molar-refractivity contribution is 6.30. The van der Waals surface area contributed by atoms with Crippen molar-refractivity contribution in [2.45, 2.75) is 6.67 Å². The molecular formula is C15H14ClFO2. The molecule has 2 nitrogen and oxygen atoms in total. The van der Waals surface area contributed by atoms with Crippen LogP contribution in [0.2, 0.25) is 5.02 Å². The van der Waals surface area contributed by atoms with E-state index in [1.807, 2.05) is 18.2 Å². The highest BCUT2D eigenvalue weighted by Gasteiger charge is 2.16. The van der Waals surface area contributed by atoms with E-state index >= 15 is 0 Å². The number of methoxy groups -OCH3 is 2. The van der Waals surface area contributed by atoms with Gasteiger partial charge in [-0.15, -0.1) is 0 Å². The van der Waals surface area contributed by atoms with Crippen LogP contribution in [0.3, 0.4) is 0 Å². The largest absolute Gasteiger partial charge is 0.493 e. The molecule has 0 bridgehead atoms. The topological polar surface area (TPSA) is 18.5 Å². The molecule has 0 aliphatic heterocycles. The molecule has 0 saturated heterocycles. The fourth-order valence-electron chi connectivity index (χ4n) is 2.05. The molecule has 0 heterocycles. The van der Waals surface area contributed by atoms with Crippen molar-refractivity contribution in [3.63, 3.8) is 0 Å². The van der Waals surface area contributed by atoms with Crippen molar-refractivity contribution in [1.29, 1.82) is 0 Å². The number of ether oxygens (including phenoxy) is 2. The van der Waals surface area contributed by atoms with Crippen LogP contribution in [0.15, 0.2) is 36.4 Å².